The Morgan fingerprint density at radius 2 is 2.10 bits per heavy atom. The maximum atomic E-state index is 5.69. The number of nitrogens with zero attached hydrogens (tertiary/aromatic N) is 1. The Morgan fingerprint density at radius 3 is 2.70 bits per heavy atom. The van der Waals surface area contributed by atoms with E-state index in [1.54, 1.807) is 0 Å². The maximum absolute atomic E-state index is 5.69. The van der Waals surface area contributed by atoms with Gasteiger partial charge in [0.2, 0.25) is 0 Å². The molecule has 112 valence electrons. The van der Waals surface area contributed by atoms with E-state index in [0.29, 0.717) is 5.92 Å². The second-order valence-corrected chi connectivity index (χ2v) is 6.88. The number of aromatic nitrogens is 1. The van der Waals surface area contributed by atoms with Crippen molar-refractivity contribution in [3.05, 3.63) is 24.0 Å². The van der Waals surface area contributed by atoms with Crippen LogP contribution in [0.5, 0.6) is 5.75 Å². The van der Waals surface area contributed by atoms with Crippen LogP contribution in [0, 0.1) is 5.92 Å². The minimum absolute atomic E-state index is 0.199. The van der Waals surface area contributed by atoms with Gasteiger partial charge in [0.15, 0.2) is 0 Å². The van der Waals surface area contributed by atoms with Gasteiger partial charge in [0.25, 0.3) is 0 Å². The van der Waals surface area contributed by atoms with Crippen LogP contribution >= 0.6 is 0 Å². The van der Waals surface area contributed by atoms with Gasteiger partial charge in [-0.05, 0) is 70.0 Å². The first-order chi connectivity index (χ1) is 9.49. The topological polar surface area (TPSA) is 34.1 Å². The third-order valence-electron chi connectivity index (χ3n) is 3.95. The summed E-state index contributed by atoms with van der Waals surface area (Å²) in [6, 6.07) is 2.18. The number of nitrogens with one attached hydrogen (secondary N) is 1. The molecule has 0 aromatic carbocycles. The number of pyridine rings is 1. The van der Waals surface area contributed by atoms with Gasteiger partial charge in [0, 0.05) is 11.7 Å². The molecule has 0 aliphatic heterocycles. The highest BCUT2D eigenvalue weighted by atomic mass is 16.5. The van der Waals surface area contributed by atoms with Crippen molar-refractivity contribution in [2.75, 3.05) is 13.2 Å². The summed E-state index contributed by atoms with van der Waals surface area (Å²) >= 11 is 0. The number of ether oxygens (including phenoxy) is 1. The van der Waals surface area contributed by atoms with Gasteiger partial charge in [-0.15, -0.1) is 0 Å². The summed E-state index contributed by atoms with van der Waals surface area (Å²) in [4.78, 5) is 4.34. The van der Waals surface area contributed by atoms with E-state index in [4.69, 9.17) is 4.74 Å². The molecule has 3 heteroatoms. The first-order valence-corrected chi connectivity index (χ1v) is 7.82. The molecule has 2 atom stereocenters. The summed E-state index contributed by atoms with van der Waals surface area (Å²) in [6.07, 6.45) is 7.45. The molecule has 20 heavy (non-hydrogen) atoms. The molecule has 1 heterocycles. The third kappa shape index (κ3) is 4.20. The standard InChI is InChI=1S/C17H28N2O/c1-5-8-20-15-9-14(10-18-12-15)16-7-6-13(16)11-19-17(2,3)4/h9-10,12-13,16,19H,5-8,11H2,1-4H3. The molecule has 2 rings (SSSR count). The molecule has 1 aliphatic rings. The number of hydrogen-bond acceptors (Lipinski definition) is 3. The quantitative estimate of drug-likeness (QED) is 0.859. The molecule has 2 unspecified atom stereocenters. The fourth-order valence-electron chi connectivity index (χ4n) is 2.63. The molecule has 1 aromatic heterocycles. The summed E-state index contributed by atoms with van der Waals surface area (Å²) in [5, 5.41) is 3.62. The van der Waals surface area contributed by atoms with Crippen LogP contribution < -0.4 is 10.1 Å². The van der Waals surface area contributed by atoms with E-state index in [2.05, 4.69) is 44.1 Å². The van der Waals surface area contributed by atoms with Gasteiger partial charge < -0.3 is 10.1 Å². The van der Waals surface area contributed by atoms with E-state index >= 15 is 0 Å². The molecule has 1 aliphatic carbocycles. The molecule has 1 saturated carbocycles. The van der Waals surface area contributed by atoms with Gasteiger partial charge in [-0.25, -0.2) is 0 Å². The second kappa shape index (κ2) is 6.57. The first-order valence-electron chi connectivity index (χ1n) is 7.82. The fraction of sp³-hybridized carbons (Fsp3) is 0.706. The van der Waals surface area contributed by atoms with Gasteiger partial charge in [-0.3, -0.25) is 4.98 Å². The van der Waals surface area contributed by atoms with Gasteiger partial charge in [0.1, 0.15) is 5.75 Å². The van der Waals surface area contributed by atoms with Crippen LogP contribution in [0.4, 0.5) is 0 Å². The summed E-state index contributed by atoms with van der Waals surface area (Å²) in [5.41, 5.74) is 1.54. The Morgan fingerprint density at radius 1 is 1.30 bits per heavy atom. The zero-order valence-corrected chi connectivity index (χ0v) is 13.3. The molecular weight excluding hydrogens is 248 g/mol. The maximum Gasteiger partial charge on any atom is 0.137 e. The van der Waals surface area contributed by atoms with Crippen LogP contribution in [0.2, 0.25) is 0 Å². The van der Waals surface area contributed by atoms with Gasteiger partial charge in [-0.1, -0.05) is 6.92 Å². The van der Waals surface area contributed by atoms with E-state index in [0.717, 1.165) is 31.2 Å². The van der Waals surface area contributed by atoms with Crippen LogP contribution in [-0.4, -0.2) is 23.7 Å². The Balaban J connectivity index is 1.94. The Hall–Kier alpha value is -1.09. The molecule has 3 nitrogen and oxygen atoms in total. The third-order valence-corrected chi connectivity index (χ3v) is 3.95. The highest BCUT2D eigenvalue weighted by molar-refractivity contribution is 5.28. The Kier molecular flexibility index (Phi) is 5.03. The predicted molar refractivity (Wildman–Crippen MR) is 83.2 cm³/mol. The van der Waals surface area contributed by atoms with Gasteiger partial charge in [-0.2, -0.15) is 0 Å². The molecule has 1 aromatic rings. The van der Waals surface area contributed by atoms with Crippen LogP contribution in [0.3, 0.4) is 0 Å². The summed E-state index contributed by atoms with van der Waals surface area (Å²) in [7, 11) is 0. The number of rotatable bonds is 6. The molecule has 0 spiro atoms. The second-order valence-electron chi connectivity index (χ2n) is 6.88. The molecule has 0 bridgehead atoms. The average Bonchev–Trinajstić information content (AvgIpc) is 2.34. The van der Waals surface area contributed by atoms with Crippen molar-refractivity contribution in [2.24, 2.45) is 5.92 Å². The van der Waals surface area contributed by atoms with Crippen molar-refractivity contribution < 1.29 is 4.74 Å². The van der Waals surface area contributed by atoms with Crippen molar-refractivity contribution in [2.45, 2.75) is 58.4 Å². The first kappa shape index (κ1) is 15.3. The van der Waals surface area contributed by atoms with Gasteiger partial charge >= 0.3 is 0 Å². The van der Waals surface area contributed by atoms with E-state index in [9.17, 15) is 0 Å². The van der Waals surface area contributed by atoms with E-state index in [1.807, 2.05) is 12.4 Å². The van der Waals surface area contributed by atoms with Crippen LogP contribution in [-0.2, 0) is 0 Å². The highest BCUT2D eigenvalue weighted by Gasteiger charge is 2.32. The van der Waals surface area contributed by atoms with Crippen LogP contribution in [0.25, 0.3) is 0 Å². The SMILES string of the molecule is CCCOc1cncc(C2CCC2CNC(C)(C)C)c1. The summed E-state index contributed by atoms with van der Waals surface area (Å²) in [5.74, 6) is 2.29. The van der Waals surface area contributed by atoms with Crippen molar-refractivity contribution in [1.82, 2.24) is 10.3 Å². The lowest BCUT2D eigenvalue weighted by atomic mass is 9.70. The molecule has 1 N–H and O–H groups in total. The molecular formula is C17H28N2O. The smallest absolute Gasteiger partial charge is 0.137 e. The fourth-order valence-corrected chi connectivity index (χ4v) is 2.63. The lowest BCUT2D eigenvalue weighted by molar-refractivity contribution is 0.224. The van der Waals surface area contributed by atoms with E-state index in [-0.39, 0.29) is 5.54 Å². The van der Waals surface area contributed by atoms with Crippen LogP contribution in [0.15, 0.2) is 18.5 Å². The largest absolute Gasteiger partial charge is 0.492 e. The van der Waals surface area contributed by atoms with Crippen molar-refractivity contribution in [3.63, 3.8) is 0 Å². The van der Waals surface area contributed by atoms with Gasteiger partial charge in [0.05, 0.1) is 12.8 Å². The minimum atomic E-state index is 0.199. The van der Waals surface area contributed by atoms with E-state index in [1.165, 1.54) is 18.4 Å². The van der Waals surface area contributed by atoms with Crippen LogP contribution in [0.1, 0.15) is 58.4 Å². The molecule has 0 saturated heterocycles. The van der Waals surface area contributed by atoms with Crippen molar-refractivity contribution in [1.29, 1.82) is 0 Å². The lowest BCUT2D eigenvalue weighted by Crippen LogP contribution is -2.42. The normalized spacial score (nSPS) is 22.4. The zero-order chi connectivity index (χ0) is 14.6. The predicted octanol–water partition coefficient (Wildman–Crippen LogP) is 3.75. The molecule has 1 fully saturated rings. The number of hydrogen-bond donors (Lipinski definition) is 1. The molecule has 0 amide bonds. The lowest BCUT2D eigenvalue weighted by Gasteiger charge is -2.39. The Bertz CT molecular complexity index is 425. The zero-order valence-electron chi connectivity index (χ0n) is 13.3. The average molecular weight is 276 g/mol. The van der Waals surface area contributed by atoms with Crippen molar-refractivity contribution in [3.8, 4) is 5.75 Å². The molecule has 0 radical (unpaired) electrons. The highest BCUT2D eigenvalue weighted by Crippen LogP contribution is 2.42. The monoisotopic (exact) mass is 276 g/mol. The Labute approximate surface area is 123 Å². The minimum Gasteiger partial charge on any atom is -0.492 e. The summed E-state index contributed by atoms with van der Waals surface area (Å²) in [6.45, 7) is 10.7. The van der Waals surface area contributed by atoms with Crippen molar-refractivity contribution >= 4 is 0 Å². The summed E-state index contributed by atoms with van der Waals surface area (Å²) < 4.78 is 5.69. The van der Waals surface area contributed by atoms with E-state index < -0.39 is 0 Å².